The van der Waals surface area contributed by atoms with Crippen LogP contribution in [0.25, 0.3) is 0 Å². The van der Waals surface area contributed by atoms with Crippen LogP contribution in [-0.4, -0.2) is 35.3 Å². The predicted molar refractivity (Wildman–Crippen MR) is 77.2 cm³/mol. The van der Waals surface area contributed by atoms with Crippen molar-refractivity contribution in [3.63, 3.8) is 0 Å². The van der Waals surface area contributed by atoms with Gasteiger partial charge in [0.05, 0.1) is 0 Å². The lowest BCUT2D eigenvalue weighted by Gasteiger charge is -2.17. The maximum absolute atomic E-state index is 4.19. The van der Waals surface area contributed by atoms with Crippen LogP contribution in [-0.2, 0) is 0 Å². The van der Waals surface area contributed by atoms with Gasteiger partial charge in [-0.15, -0.1) is 10.2 Å². The molecule has 17 heavy (non-hydrogen) atoms. The van der Waals surface area contributed by atoms with E-state index in [1.807, 2.05) is 18.0 Å². The molecule has 1 N–H and O–H groups in total. The van der Waals surface area contributed by atoms with Crippen molar-refractivity contribution in [3.8, 4) is 0 Å². The minimum absolute atomic E-state index is 0.742. The van der Waals surface area contributed by atoms with Gasteiger partial charge in [0, 0.05) is 11.8 Å². The molecular formula is C11H19N3S3. The van der Waals surface area contributed by atoms with Crippen molar-refractivity contribution in [1.29, 1.82) is 0 Å². The first-order valence-electron chi connectivity index (χ1n) is 6.01. The Kier molecular flexibility index (Phi) is 5.59. The molecule has 0 spiro atoms. The molecule has 1 aromatic rings. The highest BCUT2D eigenvalue weighted by atomic mass is 32.2. The summed E-state index contributed by atoms with van der Waals surface area (Å²) in [6, 6.07) is 0.742. The van der Waals surface area contributed by atoms with Gasteiger partial charge in [0.1, 0.15) is 0 Å². The van der Waals surface area contributed by atoms with E-state index in [9.17, 15) is 0 Å². The van der Waals surface area contributed by atoms with Gasteiger partial charge < -0.3 is 5.32 Å². The molecule has 0 aliphatic heterocycles. The summed E-state index contributed by atoms with van der Waals surface area (Å²) in [4.78, 5) is 0. The number of aromatic nitrogens is 2. The van der Waals surface area contributed by atoms with Crippen LogP contribution in [0.2, 0.25) is 0 Å². The molecular weight excluding hydrogens is 270 g/mol. The second kappa shape index (κ2) is 6.97. The number of hydrogen-bond donors (Lipinski definition) is 1. The average molecular weight is 289 g/mol. The summed E-state index contributed by atoms with van der Waals surface area (Å²) in [6.45, 7) is 0. The molecule has 2 rings (SSSR count). The van der Waals surface area contributed by atoms with Crippen LogP contribution in [0.4, 0.5) is 0 Å². The molecule has 3 nitrogen and oxygen atoms in total. The highest BCUT2D eigenvalue weighted by molar-refractivity contribution is 8.02. The molecule has 1 heterocycles. The lowest BCUT2D eigenvalue weighted by Crippen LogP contribution is -2.29. The van der Waals surface area contributed by atoms with Crippen LogP contribution in [0, 0.1) is 5.92 Å². The van der Waals surface area contributed by atoms with Gasteiger partial charge in [-0.05, 0) is 38.5 Å². The normalized spacial score (nSPS) is 24.4. The van der Waals surface area contributed by atoms with Gasteiger partial charge >= 0.3 is 0 Å². The summed E-state index contributed by atoms with van der Waals surface area (Å²) >= 11 is 5.24. The van der Waals surface area contributed by atoms with E-state index in [0.717, 1.165) is 20.6 Å². The highest BCUT2D eigenvalue weighted by Crippen LogP contribution is 2.32. The molecule has 96 valence electrons. The Bertz CT molecular complexity index is 342. The van der Waals surface area contributed by atoms with Crippen LogP contribution in [0.1, 0.15) is 25.7 Å². The van der Waals surface area contributed by atoms with Gasteiger partial charge in [0.25, 0.3) is 0 Å². The Hall–Kier alpha value is 0.220. The largest absolute Gasteiger partial charge is 0.317 e. The quantitative estimate of drug-likeness (QED) is 0.815. The molecule has 1 aromatic heterocycles. The first-order valence-corrected chi connectivity index (χ1v) is 9.03. The van der Waals surface area contributed by atoms with Crippen LogP contribution < -0.4 is 5.32 Å². The van der Waals surface area contributed by atoms with Crippen molar-refractivity contribution in [2.75, 3.05) is 19.1 Å². The van der Waals surface area contributed by atoms with Crippen LogP contribution in [0.5, 0.6) is 0 Å². The van der Waals surface area contributed by atoms with Gasteiger partial charge in [-0.1, -0.05) is 41.3 Å². The second-order valence-corrected chi connectivity index (χ2v) is 7.63. The Morgan fingerprint density at radius 1 is 1.35 bits per heavy atom. The zero-order chi connectivity index (χ0) is 12.1. The van der Waals surface area contributed by atoms with E-state index in [-0.39, 0.29) is 0 Å². The van der Waals surface area contributed by atoms with Crippen molar-refractivity contribution >= 4 is 34.9 Å². The van der Waals surface area contributed by atoms with E-state index in [4.69, 9.17) is 0 Å². The molecule has 1 aliphatic carbocycles. The molecule has 0 aromatic carbocycles. The number of nitrogens with one attached hydrogen (secondary N) is 1. The number of nitrogens with zero attached hydrogens (tertiary/aromatic N) is 2. The molecule has 0 bridgehead atoms. The van der Waals surface area contributed by atoms with Gasteiger partial charge in [-0.2, -0.15) is 0 Å². The first-order chi connectivity index (χ1) is 8.33. The van der Waals surface area contributed by atoms with Gasteiger partial charge in [0.15, 0.2) is 8.68 Å². The standard InChI is InChI=1S/C11H19N3S3/c1-12-9-5-3-4-8(9)6-7-16-11-14-13-10(15-2)17-11/h8-9,12H,3-7H2,1-2H3. The smallest absolute Gasteiger partial charge is 0.175 e. The third-order valence-electron chi connectivity index (χ3n) is 3.31. The topological polar surface area (TPSA) is 37.8 Å². The van der Waals surface area contributed by atoms with Crippen molar-refractivity contribution in [1.82, 2.24) is 15.5 Å². The molecule has 0 saturated heterocycles. The summed E-state index contributed by atoms with van der Waals surface area (Å²) in [7, 11) is 2.09. The molecule has 1 fully saturated rings. The zero-order valence-corrected chi connectivity index (χ0v) is 12.8. The van der Waals surface area contributed by atoms with E-state index in [0.29, 0.717) is 0 Å². The summed E-state index contributed by atoms with van der Waals surface area (Å²) in [5, 5.41) is 11.7. The number of thioether (sulfide) groups is 2. The highest BCUT2D eigenvalue weighted by Gasteiger charge is 2.25. The molecule has 0 amide bonds. The van der Waals surface area contributed by atoms with Gasteiger partial charge in [-0.3, -0.25) is 0 Å². The molecule has 1 aliphatic rings. The average Bonchev–Trinajstić information content (AvgIpc) is 2.97. The summed E-state index contributed by atoms with van der Waals surface area (Å²) in [5.41, 5.74) is 0. The summed E-state index contributed by atoms with van der Waals surface area (Å²) in [5.74, 6) is 2.03. The SMILES string of the molecule is CNC1CCCC1CCSc1nnc(SC)s1. The van der Waals surface area contributed by atoms with E-state index in [1.165, 1.54) is 31.4 Å². The zero-order valence-electron chi connectivity index (χ0n) is 10.3. The van der Waals surface area contributed by atoms with Crippen molar-refractivity contribution in [3.05, 3.63) is 0 Å². The van der Waals surface area contributed by atoms with Crippen molar-refractivity contribution in [2.45, 2.75) is 40.4 Å². The van der Waals surface area contributed by atoms with E-state index in [2.05, 4.69) is 22.6 Å². The van der Waals surface area contributed by atoms with Gasteiger partial charge in [0.2, 0.25) is 0 Å². The Morgan fingerprint density at radius 3 is 2.88 bits per heavy atom. The Labute approximate surface area is 116 Å². The maximum atomic E-state index is 4.19. The summed E-state index contributed by atoms with van der Waals surface area (Å²) in [6.07, 6.45) is 7.46. The fraction of sp³-hybridized carbons (Fsp3) is 0.818. The maximum Gasteiger partial charge on any atom is 0.175 e. The fourth-order valence-corrected chi connectivity index (χ4v) is 4.98. The molecule has 2 unspecified atom stereocenters. The minimum atomic E-state index is 0.742. The molecule has 1 saturated carbocycles. The second-order valence-electron chi connectivity index (χ2n) is 4.26. The lowest BCUT2D eigenvalue weighted by molar-refractivity contribution is 0.417. The van der Waals surface area contributed by atoms with Crippen LogP contribution >= 0.6 is 34.9 Å². The first kappa shape index (κ1) is 13.6. The number of rotatable bonds is 6. The van der Waals surface area contributed by atoms with E-state index in [1.54, 1.807) is 23.1 Å². The number of hydrogen-bond acceptors (Lipinski definition) is 6. The van der Waals surface area contributed by atoms with Gasteiger partial charge in [-0.25, -0.2) is 0 Å². The van der Waals surface area contributed by atoms with Crippen molar-refractivity contribution in [2.24, 2.45) is 5.92 Å². The third kappa shape index (κ3) is 3.84. The van der Waals surface area contributed by atoms with Crippen molar-refractivity contribution < 1.29 is 0 Å². The minimum Gasteiger partial charge on any atom is -0.317 e. The molecule has 0 radical (unpaired) electrons. The fourth-order valence-electron chi connectivity index (χ4n) is 2.40. The monoisotopic (exact) mass is 289 g/mol. The predicted octanol–water partition coefficient (Wildman–Crippen LogP) is 3.13. The Balaban J connectivity index is 1.72. The van der Waals surface area contributed by atoms with E-state index < -0.39 is 0 Å². The Morgan fingerprint density at radius 2 is 2.18 bits per heavy atom. The third-order valence-corrected chi connectivity index (χ3v) is 6.37. The molecule has 2 atom stereocenters. The van der Waals surface area contributed by atoms with E-state index >= 15 is 0 Å². The van der Waals surface area contributed by atoms with Crippen LogP contribution in [0.3, 0.4) is 0 Å². The lowest BCUT2D eigenvalue weighted by atomic mass is 10.0. The summed E-state index contributed by atoms with van der Waals surface area (Å²) < 4.78 is 2.19. The van der Waals surface area contributed by atoms with Crippen LogP contribution in [0.15, 0.2) is 8.68 Å². The molecule has 6 heteroatoms.